The van der Waals surface area contributed by atoms with Gasteiger partial charge in [-0.05, 0) is 98.6 Å². The van der Waals surface area contributed by atoms with E-state index in [1.165, 1.54) is 12.8 Å². The summed E-state index contributed by atoms with van der Waals surface area (Å²) in [6.07, 6.45) is 11.9. The van der Waals surface area contributed by atoms with Crippen LogP contribution in [0, 0.1) is 10.8 Å². The number of amides is 1. The number of pyridine rings is 1. The van der Waals surface area contributed by atoms with Crippen LogP contribution in [0.25, 0.3) is 38.0 Å². The van der Waals surface area contributed by atoms with Crippen LogP contribution in [0.1, 0.15) is 95.4 Å². The first-order valence-corrected chi connectivity index (χ1v) is 23.1. The van der Waals surface area contributed by atoms with Crippen molar-refractivity contribution in [1.29, 1.82) is 0 Å². The molecule has 1 amide bonds. The molecule has 0 bridgehead atoms. The highest BCUT2D eigenvalue weighted by molar-refractivity contribution is 6.01. The average Bonchev–Trinajstić information content (AvgIpc) is 3.95. The van der Waals surface area contributed by atoms with Crippen LogP contribution < -0.4 is 31.6 Å². The van der Waals surface area contributed by atoms with Gasteiger partial charge >= 0.3 is 5.97 Å². The molecule has 2 spiro atoms. The second kappa shape index (κ2) is 18.5. The Morgan fingerprint density at radius 1 is 0.696 bits per heavy atom. The third-order valence-electron chi connectivity index (χ3n) is 14.2. The SMILES string of the molecule is NC1CC2(C1)CC(c1n[nH]c(=O)c3ccccc13)C2.O=C(NC1CC2(C1)CC(c1n[nH]c(=O)c3ccccc13)C2)c1cnn2cc(OCCO)ccc12.O=C(O)c1n[nH]c2cc(OCCO)ccc12. The van der Waals surface area contributed by atoms with Crippen molar-refractivity contribution in [2.45, 2.75) is 75.3 Å². The van der Waals surface area contributed by atoms with Gasteiger partial charge in [0, 0.05) is 46.1 Å². The Hall–Kier alpha value is -7.48. The lowest BCUT2D eigenvalue weighted by Crippen LogP contribution is -2.55. The van der Waals surface area contributed by atoms with Gasteiger partial charge in [-0.2, -0.15) is 20.4 Å². The number of hydrogen-bond donors (Lipinski definition) is 8. The number of fused-ring (bicyclic) bond motifs is 4. The lowest BCUT2D eigenvalue weighted by atomic mass is 9.49. The van der Waals surface area contributed by atoms with Gasteiger partial charge in [-0.3, -0.25) is 19.5 Å². The van der Waals surface area contributed by atoms with Gasteiger partial charge in [0.1, 0.15) is 24.7 Å². The number of benzene rings is 3. The van der Waals surface area contributed by atoms with Gasteiger partial charge < -0.3 is 35.8 Å². The van der Waals surface area contributed by atoms with Gasteiger partial charge in [0.25, 0.3) is 17.0 Å². The normalized spacial score (nSPS) is 23.2. The van der Waals surface area contributed by atoms with Crippen molar-refractivity contribution < 1.29 is 34.4 Å². The molecule has 4 aliphatic carbocycles. The van der Waals surface area contributed by atoms with Gasteiger partial charge in [0.2, 0.25) is 0 Å². The molecule has 0 atom stereocenters. The third kappa shape index (κ3) is 8.91. The first kappa shape index (κ1) is 45.3. The van der Waals surface area contributed by atoms with Gasteiger partial charge in [-0.25, -0.2) is 19.5 Å². The van der Waals surface area contributed by atoms with E-state index < -0.39 is 5.97 Å². The van der Waals surface area contributed by atoms with Crippen LogP contribution in [0.15, 0.2) is 101 Å². The summed E-state index contributed by atoms with van der Waals surface area (Å²) in [7, 11) is 0. The number of rotatable bonds is 11. The Balaban J connectivity index is 0.000000133. The van der Waals surface area contributed by atoms with Crippen molar-refractivity contribution in [3.05, 3.63) is 135 Å². The zero-order valence-corrected chi connectivity index (χ0v) is 37.6. The predicted molar refractivity (Wildman–Crippen MR) is 255 cm³/mol. The Labute approximate surface area is 393 Å². The number of aromatic carboxylic acids is 1. The molecule has 12 rings (SSSR count). The quantitative estimate of drug-likeness (QED) is 0.0853. The van der Waals surface area contributed by atoms with Gasteiger partial charge in [-0.15, -0.1) is 0 Å². The Morgan fingerprint density at radius 3 is 1.81 bits per heavy atom. The van der Waals surface area contributed by atoms with Crippen LogP contribution in [-0.2, 0) is 0 Å². The molecule has 8 aromatic rings. The monoisotopic (exact) mass is 936 g/mol. The van der Waals surface area contributed by atoms with E-state index in [1.54, 1.807) is 47.2 Å². The second-order valence-corrected chi connectivity index (χ2v) is 18.9. The van der Waals surface area contributed by atoms with E-state index in [1.807, 2.05) is 48.5 Å². The number of nitrogens with two attached hydrogens (primary N) is 1. The number of carboxylic acid groups (broad SMARTS) is 1. The second-order valence-electron chi connectivity index (χ2n) is 18.9. The standard InChI is InChI=1S/C25H25N5O4.C15H17N3O.C10H10N2O4/c31-7-8-34-17-5-6-21-20(13-26-30(21)14-17)23(32)27-16-11-25(12-16)9-15(10-25)22-18-3-1-2-4-19(18)24(33)29-28-22;16-10-7-15(8-10)5-9(6-15)13-11-3-1-2-4-12(11)14(19)18-17-13;13-3-4-16-6-1-2-7-8(5-6)11-12-9(7)10(14)15/h1-6,13-16,31H,7-12H2,(H,27,32)(H,29,33);1-4,9-10H,5-8,16H2,(H,18,19);1-2,5,13H,3-4H2,(H,11,12)(H,14,15). The van der Waals surface area contributed by atoms with E-state index in [4.69, 9.17) is 30.5 Å². The molecule has 19 nitrogen and oxygen atoms in total. The maximum absolute atomic E-state index is 12.9. The molecule has 0 saturated heterocycles. The number of nitrogens with zero attached hydrogens (tertiary/aromatic N) is 5. The van der Waals surface area contributed by atoms with E-state index in [-0.39, 0.29) is 60.6 Å². The van der Waals surface area contributed by atoms with E-state index in [2.05, 4.69) is 41.0 Å². The summed E-state index contributed by atoms with van der Waals surface area (Å²) in [4.78, 5) is 47.5. The van der Waals surface area contributed by atoms with Crippen LogP contribution in [0.3, 0.4) is 0 Å². The average molecular weight is 937 g/mol. The summed E-state index contributed by atoms with van der Waals surface area (Å²) < 4.78 is 12.2. The molecule has 69 heavy (non-hydrogen) atoms. The number of aromatic nitrogens is 8. The summed E-state index contributed by atoms with van der Waals surface area (Å²) >= 11 is 0. The van der Waals surface area contributed by atoms with Crippen LogP contribution in [0.2, 0.25) is 0 Å². The van der Waals surface area contributed by atoms with Crippen molar-refractivity contribution in [1.82, 2.24) is 45.5 Å². The third-order valence-corrected chi connectivity index (χ3v) is 14.2. The fraction of sp³-hybridized carbons (Fsp3) is 0.360. The first-order valence-electron chi connectivity index (χ1n) is 23.1. The minimum Gasteiger partial charge on any atom is -0.491 e. The van der Waals surface area contributed by atoms with Gasteiger partial charge in [-0.1, -0.05) is 36.4 Å². The molecule has 356 valence electrons. The summed E-state index contributed by atoms with van der Waals surface area (Å²) in [6, 6.07) is 24.4. The molecule has 5 aromatic heterocycles. The van der Waals surface area contributed by atoms with Crippen LogP contribution >= 0.6 is 0 Å². The molecule has 4 fully saturated rings. The fourth-order valence-corrected chi connectivity index (χ4v) is 11.1. The minimum absolute atomic E-state index is 0.0105. The maximum atomic E-state index is 12.9. The van der Waals surface area contributed by atoms with Crippen LogP contribution in [-0.4, -0.2) is 106 Å². The summed E-state index contributed by atoms with van der Waals surface area (Å²) in [5, 5.41) is 57.9. The minimum atomic E-state index is -1.07. The number of nitrogens with one attached hydrogen (secondary N) is 4. The van der Waals surface area contributed by atoms with Gasteiger partial charge in [0.15, 0.2) is 5.69 Å². The number of ether oxygens (including phenoxy) is 2. The van der Waals surface area contributed by atoms with Crippen molar-refractivity contribution in [2.24, 2.45) is 16.6 Å². The molecule has 4 aliphatic rings. The topological polar surface area (TPSA) is 289 Å². The van der Waals surface area contributed by atoms with Gasteiger partial charge in [0.05, 0.1) is 64.4 Å². The number of carboxylic acids is 1. The maximum Gasteiger partial charge on any atom is 0.357 e. The zero-order valence-electron chi connectivity index (χ0n) is 37.6. The zero-order chi connectivity index (χ0) is 47.9. The summed E-state index contributed by atoms with van der Waals surface area (Å²) in [5.41, 5.74) is 10.2. The summed E-state index contributed by atoms with van der Waals surface area (Å²) in [6.45, 7) is 0.276. The van der Waals surface area contributed by atoms with E-state index in [0.717, 1.165) is 66.1 Å². The highest BCUT2D eigenvalue weighted by Gasteiger charge is 2.54. The lowest BCUT2D eigenvalue weighted by molar-refractivity contribution is -0.0196. The number of aromatic amines is 3. The first-order chi connectivity index (χ1) is 33.4. The van der Waals surface area contributed by atoms with Crippen molar-refractivity contribution >= 4 is 49.8 Å². The van der Waals surface area contributed by atoms with Crippen LogP contribution in [0.5, 0.6) is 11.5 Å². The molecular weight excluding hydrogens is 885 g/mol. The molecular formula is C50H52N10O9. The fourth-order valence-electron chi connectivity index (χ4n) is 11.1. The van der Waals surface area contributed by atoms with Crippen molar-refractivity contribution in [3.8, 4) is 11.5 Å². The highest BCUT2D eigenvalue weighted by Crippen LogP contribution is 2.63. The number of H-pyrrole nitrogens is 3. The Morgan fingerprint density at radius 2 is 1.25 bits per heavy atom. The predicted octanol–water partition coefficient (Wildman–Crippen LogP) is 4.94. The number of aliphatic hydroxyl groups is 2. The molecule has 0 unspecified atom stereocenters. The van der Waals surface area contributed by atoms with E-state index in [9.17, 15) is 19.2 Å². The van der Waals surface area contributed by atoms with Crippen molar-refractivity contribution in [2.75, 3.05) is 26.4 Å². The number of carbonyl (C=O) groups is 2. The molecule has 4 saturated carbocycles. The largest absolute Gasteiger partial charge is 0.491 e. The lowest BCUT2D eigenvalue weighted by Gasteiger charge is -2.57. The smallest absolute Gasteiger partial charge is 0.357 e. The highest BCUT2D eigenvalue weighted by atomic mass is 16.5. The number of carbonyl (C=O) groups excluding carboxylic acids is 1. The molecule has 0 aliphatic heterocycles. The van der Waals surface area contributed by atoms with Crippen LogP contribution in [0.4, 0.5) is 0 Å². The number of hydrogen-bond acceptors (Lipinski definition) is 13. The van der Waals surface area contributed by atoms with Crippen molar-refractivity contribution in [3.63, 3.8) is 0 Å². The summed E-state index contributed by atoms with van der Waals surface area (Å²) in [5.74, 6) is 0.761. The molecule has 9 N–H and O–H groups in total. The molecule has 3 aromatic carbocycles. The van der Waals surface area contributed by atoms with E-state index in [0.29, 0.717) is 62.2 Å². The molecule has 19 heteroatoms. The molecule has 0 radical (unpaired) electrons. The Bertz CT molecular complexity index is 3320. The molecule has 5 heterocycles. The number of aliphatic hydroxyl groups excluding tert-OH is 2. The van der Waals surface area contributed by atoms with E-state index >= 15 is 0 Å². The Kier molecular flexibility index (Phi) is 12.2.